The fourth-order valence-corrected chi connectivity index (χ4v) is 2.70. The van der Waals surface area contributed by atoms with Crippen molar-refractivity contribution in [3.05, 3.63) is 17.7 Å². The van der Waals surface area contributed by atoms with Crippen LogP contribution in [0.4, 0.5) is 0 Å². The number of fused-ring (bicyclic) bond motifs is 1. The van der Waals surface area contributed by atoms with Gasteiger partial charge in [-0.1, -0.05) is 33.1 Å². The van der Waals surface area contributed by atoms with Gasteiger partial charge in [-0.05, 0) is 30.5 Å². The highest BCUT2D eigenvalue weighted by Gasteiger charge is 2.20. The van der Waals surface area contributed by atoms with E-state index in [1.54, 1.807) is 7.11 Å². The normalized spacial score (nSPS) is 14.2. The molecule has 2 rings (SSSR count). The van der Waals surface area contributed by atoms with E-state index in [1.165, 1.54) is 37.7 Å². The molecule has 0 amide bonds. The Balaban J connectivity index is 1.98. The molecule has 1 N–H and O–H groups in total. The molecule has 0 fully saturated rings. The van der Waals surface area contributed by atoms with E-state index in [-0.39, 0.29) is 6.79 Å². The third-order valence-electron chi connectivity index (χ3n) is 3.86. The minimum atomic E-state index is 0.275. The van der Waals surface area contributed by atoms with Gasteiger partial charge in [0.1, 0.15) is 0 Å². The third-order valence-corrected chi connectivity index (χ3v) is 3.86. The van der Waals surface area contributed by atoms with E-state index in [1.807, 2.05) is 12.1 Å². The Morgan fingerprint density at radius 3 is 2.76 bits per heavy atom. The predicted molar refractivity (Wildman–Crippen MR) is 84.2 cm³/mol. The summed E-state index contributed by atoms with van der Waals surface area (Å²) in [4.78, 5) is 0. The number of hydrogen-bond donors (Lipinski definition) is 1. The van der Waals surface area contributed by atoms with Crippen LogP contribution in [0, 0.1) is 0 Å². The molecule has 0 saturated heterocycles. The zero-order valence-corrected chi connectivity index (χ0v) is 13.4. The number of rotatable bonds is 9. The zero-order chi connectivity index (χ0) is 15.1. The lowest BCUT2D eigenvalue weighted by molar-refractivity contribution is 0.171. The van der Waals surface area contributed by atoms with Crippen LogP contribution in [0.1, 0.15) is 51.5 Å². The van der Waals surface area contributed by atoms with Crippen molar-refractivity contribution in [2.45, 2.75) is 58.5 Å². The molecule has 0 bridgehead atoms. The van der Waals surface area contributed by atoms with Crippen molar-refractivity contribution in [2.75, 3.05) is 13.9 Å². The Hall–Kier alpha value is -1.42. The molecule has 4 heteroatoms. The van der Waals surface area contributed by atoms with Gasteiger partial charge < -0.3 is 19.5 Å². The van der Waals surface area contributed by atoms with Crippen molar-refractivity contribution in [2.24, 2.45) is 0 Å². The molecular formula is C17H27NO3. The molecule has 1 aliphatic rings. The molecule has 118 valence electrons. The van der Waals surface area contributed by atoms with E-state index in [4.69, 9.17) is 14.2 Å². The van der Waals surface area contributed by atoms with E-state index >= 15 is 0 Å². The van der Waals surface area contributed by atoms with Crippen LogP contribution in [0.2, 0.25) is 0 Å². The Morgan fingerprint density at radius 1 is 1.19 bits per heavy atom. The van der Waals surface area contributed by atoms with Crippen LogP contribution in [0.5, 0.6) is 17.2 Å². The number of nitrogens with one attached hydrogen (secondary N) is 1. The van der Waals surface area contributed by atoms with Crippen LogP contribution in [0.3, 0.4) is 0 Å². The van der Waals surface area contributed by atoms with Crippen molar-refractivity contribution in [1.82, 2.24) is 5.32 Å². The lowest BCUT2D eigenvalue weighted by Crippen LogP contribution is -2.28. The van der Waals surface area contributed by atoms with Crippen LogP contribution < -0.4 is 19.5 Å². The van der Waals surface area contributed by atoms with Crippen molar-refractivity contribution in [3.8, 4) is 17.2 Å². The van der Waals surface area contributed by atoms with E-state index in [2.05, 4.69) is 19.2 Å². The fraction of sp³-hybridized carbons (Fsp3) is 0.647. The minimum Gasteiger partial charge on any atom is -0.493 e. The predicted octanol–water partition coefficient (Wildman–Crippen LogP) is 3.87. The molecule has 0 aliphatic carbocycles. The molecular weight excluding hydrogens is 266 g/mol. The topological polar surface area (TPSA) is 39.7 Å². The summed E-state index contributed by atoms with van der Waals surface area (Å²) in [6.07, 6.45) is 6.21. The van der Waals surface area contributed by atoms with Crippen molar-refractivity contribution in [3.63, 3.8) is 0 Å². The van der Waals surface area contributed by atoms with Gasteiger partial charge in [0.15, 0.2) is 11.5 Å². The van der Waals surface area contributed by atoms with Crippen LogP contribution >= 0.6 is 0 Å². The number of benzene rings is 1. The van der Waals surface area contributed by atoms with Gasteiger partial charge in [-0.15, -0.1) is 0 Å². The van der Waals surface area contributed by atoms with Crippen LogP contribution in [0.15, 0.2) is 12.1 Å². The number of methoxy groups -OCH3 is 1. The molecule has 0 saturated carbocycles. The second kappa shape index (κ2) is 8.13. The average molecular weight is 293 g/mol. The first-order valence-corrected chi connectivity index (χ1v) is 7.98. The van der Waals surface area contributed by atoms with Crippen molar-refractivity contribution >= 4 is 0 Å². The van der Waals surface area contributed by atoms with E-state index < -0.39 is 0 Å². The highest BCUT2D eigenvalue weighted by molar-refractivity contribution is 5.55. The fourth-order valence-electron chi connectivity index (χ4n) is 2.70. The molecule has 0 aromatic heterocycles. The van der Waals surface area contributed by atoms with Gasteiger partial charge >= 0.3 is 0 Å². The summed E-state index contributed by atoms with van der Waals surface area (Å²) in [7, 11) is 1.66. The molecule has 1 aromatic rings. The summed E-state index contributed by atoms with van der Waals surface area (Å²) in [6.45, 7) is 5.59. The van der Waals surface area contributed by atoms with Crippen LogP contribution in [-0.4, -0.2) is 19.9 Å². The van der Waals surface area contributed by atoms with Gasteiger partial charge in [0.25, 0.3) is 0 Å². The van der Waals surface area contributed by atoms with E-state index in [9.17, 15) is 0 Å². The zero-order valence-electron chi connectivity index (χ0n) is 13.4. The molecule has 1 heterocycles. The Morgan fingerprint density at radius 2 is 2.05 bits per heavy atom. The smallest absolute Gasteiger partial charge is 0.231 e. The van der Waals surface area contributed by atoms with Crippen molar-refractivity contribution in [1.29, 1.82) is 0 Å². The highest BCUT2D eigenvalue weighted by atomic mass is 16.7. The molecule has 1 aromatic carbocycles. The van der Waals surface area contributed by atoms with Crippen LogP contribution in [0.25, 0.3) is 0 Å². The molecule has 0 radical (unpaired) electrons. The minimum absolute atomic E-state index is 0.275. The van der Waals surface area contributed by atoms with Gasteiger partial charge in [-0.25, -0.2) is 0 Å². The summed E-state index contributed by atoms with van der Waals surface area (Å²) < 4.78 is 16.3. The monoisotopic (exact) mass is 293 g/mol. The molecule has 21 heavy (non-hydrogen) atoms. The maximum atomic E-state index is 5.47. The number of hydrogen-bond acceptors (Lipinski definition) is 4. The molecule has 1 atom stereocenters. The Kier molecular flexibility index (Phi) is 6.18. The largest absolute Gasteiger partial charge is 0.493 e. The standard InChI is InChI=1S/C17H27NO3/c1-4-6-8-14(7-5-2)18-11-13-9-15(19-3)17-16(10-13)20-12-21-17/h9-10,14,18H,4-8,11-12H2,1-3H3. The van der Waals surface area contributed by atoms with E-state index in [0.29, 0.717) is 6.04 Å². The van der Waals surface area contributed by atoms with Gasteiger partial charge in [-0.3, -0.25) is 0 Å². The molecule has 1 unspecified atom stereocenters. The van der Waals surface area contributed by atoms with Gasteiger partial charge in [0.05, 0.1) is 7.11 Å². The van der Waals surface area contributed by atoms with Gasteiger partial charge in [0, 0.05) is 12.6 Å². The first-order chi connectivity index (χ1) is 10.3. The maximum absolute atomic E-state index is 5.47. The first-order valence-electron chi connectivity index (χ1n) is 7.98. The second-order valence-corrected chi connectivity index (χ2v) is 5.54. The summed E-state index contributed by atoms with van der Waals surface area (Å²) in [5.74, 6) is 2.26. The first kappa shape index (κ1) is 16.0. The Bertz CT molecular complexity index is 448. The summed E-state index contributed by atoms with van der Waals surface area (Å²) in [6, 6.07) is 4.66. The SMILES string of the molecule is CCCCC(CCC)NCc1cc(OC)c2c(c1)OCO2. The summed E-state index contributed by atoms with van der Waals surface area (Å²) in [5, 5.41) is 3.66. The van der Waals surface area contributed by atoms with Gasteiger partial charge in [-0.2, -0.15) is 0 Å². The summed E-state index contributed by atoms with van der Waals surface area (Å²) in [5.41, 5.74) is 1.17. The highest BCUT2D eigenvalue weighted by Crippen LogP contribution is 2.41. The Labute approximate surface area is 127 Å². The van der Waals surface area contributed by atoms with E-state index in [0.717, 1.165) is 23.8 Å². The van der Waals surface area contributed by atoms with Crippen molar-refractivity contribution < 1.29 is 14.2 Å². The second-order valence-electron chi connectivity index (χ2n) is 5.54. The van der Waals surface area contributed by atoms with Crippen LogP contribution in [-0.2, 0) is 6.54 Å². The lowest BCUT2D eigenvalue weighted by Gasteiger charge is -2.18. The third kappa shape index (κ3) is 4.27. The number of unbranched alkanes of at least 4 members (excludes halogenated alkanes) is 1. The molecule has 4 nitrogen and oxygen atoms in total. The quantitative estimate of drug-likeness (QED) is 0.750. The molecule has 1 aliphatic heterocycles. The summed E-state index contributed by atoms with van der Waals surface area (Å²) >= 11 is 0. The molecule has 0 spiro atoms. The average Bonchev–Trinajstić information content (AvgIpc) is 2.97. The van der Waals surface area contributed by atoms with Gasteiger partial charge in [0.2, 0.25) is 12.5 Å². The lowest BCUT2D eigenvalue weighted by atomic mass is 10.0. The maximum Gasteiger partial charge on any atom is 0.231 e. The number of ether oxygens (including phenoxy) is 3.